The van der Waals surface area contributed by atoms with E-state index in [9.17, 15) is 46.2 Å². The molecule has 32 heteroatoms. The molecule has 0 saturated carbocycles. The summed E-state index contributed by atoms with van der Waals surface area (Å²) in [5, 5.41) is 10.3. The Morgan fingerprint density at radius 2 is 0.436 bits per heavy atom. The topological polar surface area (TPSA) is 282 Å². The number of phenolic OH excluding ortho intramolecular Hbond substituents is 1. The van der Waals surface area contributed by atoms with Crippen LogP contribution in [0, 0.1) is 29.1 Å². The molecular weight excluding hydrogens is 1950 g/mol. The van der Waals surface area contributed by atoms with Crippen molar-refractivity contribution in [2.24, 2.45) is 0 Å². The molecule has 0 fully saturated rings. The highest BCUT2D eigenvalue weighted by atomic mass is 35.5. The molecule has 0 spiro atoms. The Labute approximate surface area is 867 Å². The molecule has 0 aliphatic heterocycles. The number of allylic oxidation sites excluding steroid dienone is 8. The minimum atomic E-state index is -0.621. The van der Waals surface area contributed by atoms with Crippen molar-refractivity contribution < 1.29 is 146 Å². The van der Waals surface area contributed by atoms with Crippen LogP contribution in [0.5, 0.6) is 126 Å². The van der Waals surface area contributed by atoms with Gasteiger partial charge in [0.25, 0.3) is 0 Å². The van der Waals surface area contributed by atoms with E-state index >= 15 is 0 Å². The van der Waals surface area contributed by atoms with Crippen LogP contribution in [0.4, 0.5) is 22.0 Å². The van der Waals surface area contributed by atoms with E-state index < -0.39 is 29.1 Å². The second-order valence-corrected chi connectivity index (χ2v) is 31.9. The number of carbonyl (C=O) groups is 4. The first kappa shape index (κ1) is 115. The van der Waals surface area contributed by atoms with E-state index in [1.165, 1.54) is 222 Å². The van der Waals surface area contributed by atoms with Crippen molar-refractivity contribution >= 4 is 83.3 Å². The van der Waals surface area contributed by atoms with E-state index in [2.05, 4.69) is 0 Å². The summed E-state index contributed by atoms with van der Waals surface area (Å²) in [5.41, 5.74) is 9.83. The van der Waals surface area contributed by atoms with Crippen molar-refractivity contribution in [1.82, 2.24) is 0 Å². The monoisotopic (exact) mass is 2070 g/mol. The summed E-state index contributed by atoms with van der Waals surface area (Å²) < 4.78 is 183. The molecule has 0 amide bonds. The lowest BCUT2D eigenvalue weighted by atomic mass is 10.0. The Hall–Kier alpha value is -17.2. The smallest absolute Gasteiger partial charge is 0.203 e. The summed E-state index contributed by atoms with van der Waals surface area (Å²) in [6.45, 7) is 0. The maximum atomic E-state index is 14.6. The minimum absolute atomic E-state index is 0.0578. The SMILES string of the molecule is COc1cc(C/C=C\C(=O)c2ccc(OC)c(Cl)c2)c(/C=C\c2cc(OC)c(OC)c(OC)c2)cc1F.COc1cc(C/C=C\C(=O)c2ccc(OC)c(OC)c2)c(/C=C\c2cc(OC)c(OC)c(OC)c2)cc1F.COc1ccc(C(=O)/C=C\Cc2cc(OC)c(F)cc2/C=C\c2cc(OC)c(OC)c(OC)c2)cc1F.COc1ccc(C(=O)/C=C\Cc2cc(OC)c(F)cc2/C=C\c2cc(OC)c(OC)c(OC)c2)cc1O. The molecule has 0 heterocycles. The third kappa shape index (κ3) is 30.9. The van der Waals surface area contributed by atoms with Crippen LogP contribution in [0.15, 0.2) is 218 Å². The zero-order valence-corrected chi connectivity index (χ0v) is 86.9. The highest BCUT2D eigenvalue weighted by molar-refractivity contribution is 6.32. The predicted molar refractivity (Wildman–Crippen MR) is 566 cm³/mol. The molecule has 149 heavy (non-hydrogen) atoms. The highest BCUT2D eigenvalue weighted by Crippen LogP contribution is 2.45. The van der Waals surface area contributed by atoms with Crippen LogP contribution >= 0.6 is 11.6 Å². The molecule has 12 rings (SSSR count). The van der Waals surface area contributed by atoms with Gasteiger partial charge in [-0.1, -0.05) is 84.5 Å². The molecule has 782 valence electrons. The van der Waals surface area contributed by atoms with Gasteiger partial charge in [0.05, 0.1) is 154 Å². The van der Waals surface area contributed by atoms with Crippen molar-refractivity contribution in [3.8, 4) is 126 Å². The quantitative estimate of drug-likeness (QED) is 0.0161. The minimum Gasteiger partial charge on any atom is -0.504 e. The number of benzene rings is 12. The van der Waals surface area contributed by atoms with E-state index in [-0.39, 0.29) is 68.9 Å². The Bertz CT molecular complexity index is 6390. The molecule has 26 nitrogen and oxygen atoms in total. The van der Waals surface area contributed by atoms with Crippen LogP contribution in [0.3, 0.4) is 0 Å². The Kier molecular flexibility index (Phi) is 44.5. The average molecular weight is 2070 g/mol. The van der Waals surface area contributed by atoms with Crippen LogP contribution in [-0.4, -0.2) is 178 Å². The number of hydrogen-bond donors (Lipinski definition) is 1. The van der Waals surface area contributed by atoms with Gasteiger partial charge in [0, 0.05) is 22.3 Å². The van der Waals surface area contributed by atoms with Gasteiger partial charge in [-0.15, -0.1) is 0 Å². The highest BCUT2D eigenvalue weighted by Gasteiger charge is 2.22. The van der Waals surface area contributed by atoms with E-state index in [1.54, 1.807) is 176 Å². The van der Waals surface area contributed by atoms with Gasteiger partial charge in [-0.3, -0.25) is 19.2 Å². The molecule has 0 saturated heterocycles. The number of carbonyl (C=O) groups excluding carboxylic acids is 4. The van der Waals surface area contributed by atoms with Gasteiger partial charge in [0.2, 0.25) is 23.0 Å². The number of halogens is 6. The van der Waals surface area contributed by atoms with Gasteiger partial charge < -0.3 is 105 Å². The average Bonchev–Trinajstić information content (AvgIpc) is 0.820. The van der Waals surface area contributed by atoms with Crippen LogP contribution in [0.1, 0.15) is 108 Å². The largest absolute Gasteiger partial charge is 0.504 e. The standard InChI is InChI=1S/C30H31FO7.C29H28ClFO6.C29H28F2O6.C29H29FO7/c1-33-25-13-12-22(18-27(25)35-3)24(32)9-7-8-20-17-26(34-2)23(31)16-21(20)11-10-19-14-28(36-4)30(38-6)29(15-19)37-5;1-33-25-12-11-21(15-22(25)30)24(32)8-6-7-19-17-26(34-2)23(31)16-20(19)10-9-18-13-27(35-3)29(37-5)28(14-18)36-4;1-33-25-12-11-21(16-22(25)30)24(32)8-6-7-19-17-26(34-2)23(31)15-20(19)10-9-18-13-27(35-3)29(37-5)28(14-18)36-4;1-33-25-12-11-21(16-24(25)32)23(31)8-6-7-19-17-26(34-2)22(30)15-20(19)10-9-18-13-27(35-3)29(37-5)28(14-18)36-4/h7,9-18H,8H2,1-6H3;2*6,8-17H,7H2,1-5H3;6,8-17,32H,7H2,1-5H3/b9-7-,11-10-;3*8-6-,10-9-. The molecule has 12 aromatic carbocycles. The summed E-state index contributed by atoms with van der Waals surface area (Å²) in [4.78, 5) is 50.4. The number of aromatic hydroxyl groups is 1. The molecule has 1 N–H and O–H groups in total. The number of rotatable bonds is 45. The predicted octanol–water partition coefficient (Wildman–Crippen LogP) is 24.6. The van der Waals surface area contributed by atoms with E-state index in [1.807, 2.05) is 12.2 Å². The lowest BCUT2D eigenvalue weighted by Crippen LogP contribution is -1.98. The maximum absolute atomic E-state index is 14.6. The summed E-state index contributed by atoms with van der Waals surface area (Å²) in [6.07, 6.45) is 28.1. The van der Waals surface area contributed by atoms with Crippen molar-refractivity contribution in [2.45, 2.75) is 25.7 Å². The summed E-state index contributed by atoms with van der Waals surface area (Å²) in [6, 6.07) is 44.4. The number of methoxy groups -OCH3 is 21. The van der Waals surface area contributed by atoms with Crippen LogP contribution in [0.2, 0.25) is 5.02 Å². The maximum Gasteiger partial charge on any atom is 0.203 e. The second kappa shape index (κ2) is 57.5. The van der Waals surface area contributed by atoms with E-state index in [0.717, 1.165) is 45.0 Å². The van der Waals surface area contributed by atoms with Crippen molar-refractivity contribution in [3.63, 3.8) is 0 Å². The lowest BCUT2D eigenvalue weighted by Gasteiger charge is -2.13. The van der Waals surface area contributed by atoms with Gasteiger partial charge in [-0.25, -0.2) is 22.0 Å². The third-order valence-electron chi connectivity index (χ3n) is 22.7. The second-order valence-electron chi connectivity index (χ2n) is 31.4. The zero-order chi connectivity index (χ0) is 109. The molecule has 0 aliphatic carbocycles. The van der Waals surface area contributed by atoms with E-state index in [0.29, 0.717) is 161 Å². The normalized spacial score (nSPS) is 11.1. The first-order valence-electron chi connectivity index (χ1n) is 45.4. The van der Waals surface area contributed by atoms with Gasteiger partial charge >= 0.3 is 0 Å². The number of ether oxygens (including phenoxy) is 21. The first-order chi connectivity index (χ1) is 71.9. The fourth-order valence-corrected chi connectivity index (χ4v) is 15.2. The summed E-state index contributed by atoms with van der Waals surface area (Å²) in [5.74, 6) is 4.26. The van der Waals surface area contributed by atoms with Crippen LogP contribution in [0.25, 0.3) is 48.6 Å². The molecular formula is C117H116ClF5O26. The van der Waals surface area contributed by atoms with Gasteiger partial charge in [-0.2, -0.15) is 0 Å². The third-order valence-corrected chi connectivity index (χ3v) is 23.0. The Morgan fingerprint density at radius 3 is 0.664 bits per heavy atom. The molecule has 12 aromatic rings. The molecule has 0 aromatic heterocycles. The van der Waals surface area contributed by atoms with Gasteiger partial charge in [0.1, 0.15) is 5.75 Å². The number of ketones is 4. The molecule has 0 bridgehead atoms. The zero-order valence-electron chi connectivity index (χ0n) is 86.2. The Balaban J connectivity index is 0.000000221. The van der Waals surface area contributed by atoms with Gasteiger partial charge in [0.15, 0.2) is 150 Å². The van der Waals surface area contributed by atoms with Crippen LogP contribution in [-0.2, 0) is 25.7 Å². The fourth-order valence-electron chi connectivity index (χ4n) is 15.0. The molecule has 0 atom stereocenters. The lowest BCUT2D eigenvalue weighted by molar-refractivity contribution is 0.103. The van der Waals surface area contributed by atoms with Crippen molar-refractivity contribution in [1.29, 1.82) is 0 Å². The fraction of sp³-hybridized carbons (Fsp3) is 0.214. The van der Waals surface area contributed by atoms with Crippen molar-refractivity contribution in [2.75, 3.05) is 149 Å². The van der Waals surface area contributed by atoms with Gasteiger partial charge in [-0.05, 0) is 287 Å². The van der Waals surface area contributed by atoms with Crippen LogP contribution < -0.4 is 99.5 Å². The molecule has 0 radical (unpaired) electrons. The molecule has 0 unspecified atom stereocenters. The molecule has 0 aliphatic rings. The number of phenols is 1. The van der Waals surface area contributed by atoms with E-state index in [4.69, 9.17) is 111 Å². The van der Waals surface area contributed by atoms with Crippen molar-refractivity contribution in [3.05, 3.63) is 342 Å². The summed E-state index contributed by atoms with van der Waals surface area (Å²) in [7, 11) is 31.3. The first-order valence-corrected chi connectivity index (χ1v) is 45.8. The summed E-state index contributed by atoms with van der Waals surface area (Å²) >= 11 is 6.13. The number of hydrogen-bond acceptors (Lipinski definition) is 26. The Morgan fingerprint density at radius 1 is 0.221 bits per heavy atom.